The first kappa shape index (κ1) is 14.3. The average Bonchev–Trinajstić information content (AvgIpc) is 2.50. The lowest BCUT2D eigenvalue weighted by Crippen LogP contribution is -2.47. The van der Waals surface area contributed by atoms with Crippen molar-refractivity contribution in [3.05, 3.63) is 46.6 Å². The van der Waals surface area contributed by atoms with Gasteiger partial charge in [-0.25, -0.2) is 4.98 Å². The first-order chi connectivity index (χ1) is 10.1. The third-order valence-electron chi connectivity index (χ3n) is 3.62. The van der Waals surface area contributed by atoms with E-state index in [1.807, 2.05) is 18.2 Å². The second-order valence-electron chi connectivity index (χ2n) is 5.00. The molecule has 0 amide bonds. The minimum atomic E-state index is 0.469. The van der Waals surface area contributed by atoms with Gasteiger partial charge in [-0.2, -0.15) is 0 Å². The molecule has 2 heterocycles. The molecule has 6 heteroatoms. The SMILES string of the molecule is Nc1ccc(Cl)nc1N1CCN(c2cccc(Cl)c2)CC1. The molecular formula is C15H16Cl2N4. The number of hydrogen-bond donors (Lipinski definition) is 1. The van der Waals surface area contributed by atoms with E-state index in [4.69, 9.17) is 28.9 Å². The monoisotopic (exact) mass is 322 g/mol. The quantitative estimate of drug-likeness (QED) is 0.862. The van der Waals surface area contributed by atoms with Crippen LogP contribution in [0.25, 0.3) is 0 Å². The fourth-order valence-electron chi connectivity index (χ4n) is 2.54. The highest BCUT2D eigenvalue weighted by Gasteiger charge is 2.20. The van der Waals surface area contributed by atoms with Gasteiger partial charge >= 0.3 is 0 Å². The topological polar surface area (TPSA) is 45.4 Å². The number of benzene rings is 1. The molecule has 0 bridgehead atoms. The number of nitrogen functional groups attached to an aromatic ring is 1. The first-order valence-electron chi connectivity index (χ1n) is 6.81. The highest BCUT2D eigenvalue weighted by Crippen LogP contribution is 2.26. The van der Waals surface area contributed by atoms with Crippen LogP contribution in [0, 0.1) is 0 Å². The molecule has 1 aromatic carbocycles. The minimum absolute atomic E-state index is 0.469. The van der Waals surface area contributed by atoms with Crippen molar-refractivity contribution in [2.24, 2.45) is 0 Å². The lowest BCUT2D eigenvalue weighted by atomic mass is 10.2. The molecule has 1 aliphatic rings. The Balaban J connectivity index is 1.72. The zero-order valence-electron chi connectivity index (χ0n) is 11.5. The molecule has 0 unspecified atom stereocenters. The van der Waals surface area contributed by atoms with E-state index in [9.17, 15) is 0 Å². The summed E-state index contributed by atoms with van der Waals surface area (Å²) in [4.78, 5) is 8.81. The second kappa shape index (κ2) is 6.00. The Kier molecular flexibility index (Phi) is 4.08. The standard InChI is InChI=1S/C15H16Cl2N4/c16-11-2-1-3-12(10-11)20-6-8-21(9-7-20)15-13(18)4-5-14(17)19-15/h1-5,10H,6-9,18H2. The number of nitrogens with zero attached hydrogens (tertiary/aromatic N) is 3. The molecule has 1 aromatic heterocycles. The molecule has 0 atom stereocenters. The largest absolute Gasteiger partial charge is 0.396 e. The zero-order chi connectivity index (χ0) is 14.8. The Morgan fingerprint density at radius 1 is 0.952 bits per heavy atom. The van der Waals surface area contributed by atoms with Crippen molar-refractivity contribution in [2.75, 3.05) is 41.7 Å². The number of pyridine rings is 1. The Morgan fingerprint density at radius 3 is 2.38 bits per heavy atom. The van der Waals surface area contributed by atoms with Crippen LogP contribution in [-0.2, 0) is 0 Å². The fourth-order valence-corrected chi connectivity index (χ4v) is 2.87. The molecule has 1 fully saturated rings. The zero-order valence-corrected chi connectivity index (χ0v) is 13.0. The van der Waals surface area contributed by atoms with Crippen molar-refractivity contribution in [1.82, 2.24) is 4.98 Å². The summed E-state index contributed by atoms with van der Waals surface area (Å²) in [5.41, 5.74) is 7.80. The number of aromatic nitrogens is 1. The van der Waals surface area contributed by atoms with Crippen LogP contribution in [0.3, 0.4) is 0 Å². The van der Waals surface area contributed by atoms with E-state index in [2.05, 4.69) is 20.9 Å². The molecule has 110 valence electrons. The summed E-state index contributed by atoms with van der Waals surface area (Å²) in [6, 6.07) is 11.4. The van der Waals surface area contributed by atoms with E-state index in [1.54, 1.807) is 12.1 Å². The van der Waals surface area contributed by atoms with E-state index in [0.29, 0.717) is 10.8 Å². The number of anilines is 3. The maximum atomic E-state index is 6.05. The van der Waals surface area contributed by atoms with Gasteiger partial charge in [-0.1, -0.05) is 29.3 Å². The smallest absolute Gasteiger partial charge is 0.153 e. The van der Waals surface area contributed by atoms with Gasteiger partial charge in [0.05, 0.1) is 5.69 Å². The maximum absolute atomic E-state index is 6.05. The van der Waals surface area contributed by atoms with Gasteiger partial charge in [-0.3, -0.25) is 0 Å². The molecule has 0 saturated carbocycles. The fraction of sp³-hybridized carbons (Fsp3) is 0.267. The molecule has 2 N–H and O–H groups in total. The molecule has 4 nitrogen and oxygen atoms in total. The van der Waals surface area contributed by atoms with Crippen molar-refractivity contribution < 1.29 is 0 Å². The van der Waals surface area contributed by atoms with E-state index < -0.39 is 0 Å². The Labute approximate surface area is 134 Å². The molecular weight excluding hydrogens is 307 g/mol. The number of piperazine rings is 1. The van der Waals surface area contributed by atoms with E-state index in [-0.39, 0.29) is 0 Å². The van der Waals surface area contributed by atoms with Gasteiger partial charge in [0.2, 0.25) is 0 Å². The predicted molar refractivity (Wildman–Crippen MR) is 89.5 cm³/mol. The summed E-state index contributed by atoms with van der Waals surface area (Å²) in [6.45, 7) is 3.50. The van der Waals surface area contributed by atoms with Gasteiger partial charge in [-0.15, -0.1) is 0 Å². The second-order valence-corrected chi connectivity index (χ2v) is 5.82. The van der Waals surface area contributed by atoms with Crippen LogP contribution in [0.15, 0.2) is 36.4 Å². The Hall–Kier alpha value is -1.65. The Morgan fingerprint density at radius 2 is 1.67 bits per heavy atom. The third kappa shape index (κ3) is 3.17. The lowest BCUT2D eigenvalue weighted by Gasteiger charge is -2.37. The normalized spacial score (nSPS) is 15.3. The summed E-state index contributed by atoms with van der Waals surface area (Å²) in [5.74, 6) is 0.772. The maximum Gasteiger partial charge on any atom is 0.153 e. The molecule has 0 aliphatic carbocycles. The van der Waals surface area contributed by atoms with Crippen LogP contribution in [0.4, 0.5) is 17.2 Å². The van der Waals surface area contributed by atoms with Crippen LogP contribution in [0.2, 0.25) is 10.2 Å². The van der Waals surface area contributed by atoms with Gasteiger partial charge < -0.3 is 15.5 Å². The highest BCUT2D eigenvalue weighted by molar-refractivity contribution is 6.30. The van der Waals surface area contributed by atoms with Crippen LogP contribution >= 0.6 is 23.2 Å². The van der Waals surface area contributed by atoms with Gasteiger partial charge in [0.15, 0.2) is 5.82 Å². The van der Waals surface area contributed by atoms with Crippen molar-refractivity contribution >= 4 is 40.4 Å². The summed E-state index contributed by atoms with van der Waals surface area (Å²) >= 11 is 12.0. The number of rotatable bonds is 2. The Bertz CT molecular complexity index is 639. The van der Waals surface area contributed by atoms with Crippen molar-refractivity contribution in [3.63, 3.8) is 0 Å². The van der Waals surface area contributed by atoms with E-state index >= 15 is 0 Å². The number of halogens is 2. The first-order valence-corrected chi connectivity index (χ1v) is 7.56. The van der Waals surface area contributed by atoms with Gasteiger partial charge in [-0.05, 0) is 30.3 Å². The summed E-state index contributed by atoms with van der Waals surface area (Å²) in [6.07, 6.45) is 0. The summed E-state index contributed by atoms with van der Waals surface area (Å²) in [7, 11) is 0. The predicted octanol–water partition coefficient (Wildman–Crippen LogP) is 3.30. The molecule has 1 aliphatic heterocycles. The number of hydrogen-bond acceptors (Lipinski definition) is 4. The molecule has 2 aromatic rings. The average molecular weight is 323 g/mol. The molecule has 0 spiro atoms. The van der Waals surface area contributed by atoms with E-state index in [1.165, 1.54) is 0 Å². The van der Waals surface area contributed by atoms with Gasteiger partial charge in [0.25, 0.3) is 0 Å². The minimum Gasteiger partial charge on any atom is -0.396 e. The highest BCUT2D eigenvalue weighted by atomic mass is 35.5. The lowest BCUT2D eigenvalue weighted by molar-refractivity contribution is 0.648. The molecule has 1 saturated heterocycles. The van der Waals surface area contributed by atoms with Crippen LogP contribution in [0.1, 0.15) is 0 Å². The molecule has 21 heavy (non-hydrogen) atoms. The number of nitrogens with two attached hydrogens (primary N) is 1. The summed E-state index contributed by atoms with van der Waals surface area (Å²) < 4.78 is 0. The van der Waals surface area contributed by atoms with Gasteiger partial charge in [0.1, 0.15) is 5.15 Å². The van der Waals surface area contributed by atoms with Gasteiger partial charge in [0, 0.05) is 36.9 Å². The third-order valence-corrected chi connectivity index (χ3v) is 4.07. The van der Waals surface area contributed by atoms with Crippen molar-refractivity contribution in [3.8, 4) is 0 Å². The van der Waals surface area contributed by atoms with Crippen LogP contribution in [0.5, 0.6) is 0 Å². The van der Waals surface area contributed by atoms with Crippen molar-refractivity contribution in [2.45, 2.75) is 0 Å². The summed E-state index contributed by atoms with van der Waals surface area (Å²) in [5, 5.41) is 1.23. The van der Waals surface area contributed by atoms with Crippen LogP contribution in [-0.4, -0.2) is 31.2 Å². The van der Waals surface area contributed by atoms with Crippen molar-refractivity contribution in [1.29, 1.82) is 0 Å². The molecule has 3 rings (SSSR count). The van der Waals surface area contributed by atoms with E-state index in [0.717, 1.165) is 42.7 Å². The molecule has 0 radical (unpaired) electrons. The van der Waals surface area contributed by atoms with Crippen LogP contribution < -0.4 is 15.5 Å².